The van der Waals surface area contributed by atoms with Crippen molar-refractivity contribution in [1.29, 1.82) is 5.26 Å². The number of nitrogens with zero attached hydrogens (tertiary/aromatic N) is 3. The van der Waals surface area contributed by atoms with Gasteiger partial charge in [0.05, 0.1) is 23.4 Å². The smallest absolute Gasteiger partial charge is 0.216 e. The van der Waals surface area contributed by atoms with Crippen molar-refractivity contribution in [3.63, 3.8) is 0 Å². The van der Waals surface area contributed by atoms with Gasteiger partial charge in [0, 0.05) is 0 Å². The lowest BCUT2D eigenvalue weighted by Crippen LogP contribution is -2.33. The zero-order valence-corrected chi connectivity index (χ0v) is 14.1. The molecule has 122 valence electrons. The van der Waals surface area contributed by atoms with E-state index in [1.807, 2.05) is 19.9 Å². The van der Waals surface area contributed by atoms with Crippen LogP contribution in [0.4, 0.5) is 0 Å². The van der Waals surface area contributed by atoms with Gasteiger partial charge >= 0.3 is 0 Å². The molecule has 1 aromatic carbocycles. The van der Waals surface area contributed by atoms with Gasteiger partial charge in [0.25, 0.3) is 0 Å². The highest BCUT2D eigenvalue weighted by Gasteiger charge is 2.26. The summed E-state index contributed by atoms with van der Waals surface area (Å²) < 4.78 is 27.5. The number of H-pyrrole nitrogens is 1. The number of aromatic nitrogens is 3. The fourth-order valence-electron chi connectivity index (χ4n) is 2.17. The summed E-state index contributed by atoms with van der Waals surface area (Å²) >= 11 is 0. The second-order valence-corrected chi connectivity index (χ2v) is 7.44. The molecule has 0 saturated carbocycles. The van der Waals surface area contributed by atoms with Crippen LogP contribution in [0.5, 0.6) is 0 Å². The van der Waals surface area contributed by atoms with Crippen LogP contribution >= 0.6 is 0 Å². The van der Waals surface area contributed by atoms with E-state index in [9.17, 15) is 8.42 Å². The monoisotopic (exact) mass is 333 g/mol. The first kappa shape index (κ1) is 17.1. The molecule has 7 nitrogen and oxygen atoms in total. The number of benzene rings is 1. The number of aryl methyl sites for hydroxylation is 1. The Hall–Kier alpha value is -2.24. The number of sulfonamides is 1. The summed E-state index contributed by atoms with van der Waals surface area (Å²) in [6.07, 6.45) is 0. The molecule has 1 heterocycles. The van der Waals surface area contributed by atoms with Gasteiger partial charge in [-0.3, -0.25) is 5.10 Å². The number of aromatic amines is 1. The maximum atomic E-state index is 12.4. The predicted octanol–water partition coefficient (Wildman–Crippen LogP) is 1.80. The first-order chi connectivity index (χ1) is 10.8. The number of hydrogen-bond donors (Lipinski definition) is 2. The molecule has 0 saturated heterocycles. The highest BCUT2D eigenvalue weighted by molar-refractivity contribution is 7.88. The highest BCUT2D eigenvalue weighted by atomic mass is 32.2. The molecule has 0 radical (unpaired) electrons. The van der Waals surface area contributed by atoms with E-state index >= 15 is 0 Å². The number of rotatable bonds is 6. The minimum atomic E-state index is -3.60. The first-order valence-corrected chi connectivity index (χ1v) is 8.84. The van der Waals surface area contributed by atoms with Crippen molar-refractivity contribution >= 4 is 10.0 Å². The average Bonchev–Trinajstić information content (AvgIpc) is 2.90. The maximum absolute atomic E-state index is 12.4. The molecule has 1 aromatic heterocycles. The van der Waals surface area contributed by atoms with Gasteiger partial charge in [-0.05, 0) is 30.5 Å². The van der Waals surface area contributed by atoms with Gasteiger partial charge in [0.15, 0.2) is 5.82 Å². The summed E-state index contributed by atoms with van der Waals surface area (Å²) in [5, 5.41) is 15.7. The van der Waals surface area contributed by atoms with Gasteiger partial charge in [-0.2, -0.15) is 10.4 Å². The first-order valence-electron chi connectivity index (χ1n) is 7.18. The third kappa shape index (κ3) is 4.61. The lowest BCUT2D eigenvalue weighted by Gasteiger charge is -2.19. The molecule has 0 unspecified atom stereocenters. The van der Waals surface area contributed by atoms with Crippen LogP contribution < -0.4 is 4.72 Å². The third-order valence-electron chi connectivity index (χ3n) is 3.28. The molecule has 0 bridgehead atoms. The van der Waals surface area contributed by atoms with Gasteiger partial charge in [0.1, 0.15) is 5.82 Å². The average molecular weight is 333 g/mol. The van der Waals surface area contributed by atoms with Crippen LogP contribution in [0.2, 0.25) is 0 Å². The Morgan fingerprint density at radius 1 is 1.39 bits per heavy atom. The van der Waals surface area contributed by atoms with Crippen molar-refractivity contribution in [3.05, 3.63) is 47.0 Å². The van der Waals surface area contributed by atoms with Crippen LogP contribution in [0.3, 0.4) is 0 Å². The molecular formula is C15H19N5O2S. The zero-order valence-electron chi connectivity index (χ0n) is 13.2. The Morgan fingerprint density at radius 2 is 2.13 bits per heavy atom. The van der Waals surface area contributed by atoms with E-state index in [1.54, 1.807) is 31.2 Å². The van der Waals surface area contributed by atoms with Crippen molar-refractivity contribution in [2.75, 3.05) is 0 Å². The van der Waals surface area contributed by atoms with E-state index in [1.165, 1.54) is 0 Å². The van der Waals surface area contributed by atoms with E-state index in [4.69, 9.17) is 5.26 Å². The fourth-order valence-corrected chi connectivity index (χ4v) is 3.64. The molecule has 0 spiro atoms. The molecule has 0 amide bonds. The molecule has 23 heavy (non-hydrogen) atoms. The Labute approximate surface area is 135 Å². The molecule has 2 N–H and O–H groups in total. The topological polar surface area (TPSA) is 112 Å². The summed E-state index contributed by atoms with van der Waals surface area (Å²) in [5.74, 6) is 0.846. The van der Waals surface area contributed by atoms with Crippen LogP contribution in [0.25, 0.3) is 0 Å². The van der Waals surface area contributed by atoms with Crippen LogP contribution in [0, 0.1) is 24.2 Å². The van der Waals surface area contributed by atoms with E-state index in [0.29, 0.717) is 22.8 Å². The summed E-state index contributed by atoms with van der Waals surface area (Å²) in [4.78, 5) is 4.21. The number of nitriles is 1. The van der Waals surface area contributed by atoms with Gasteiger partial charge in [-0.1, -0.05) is 26.0 Å². The predicted molar refractivity (Wildman–Crippen MR) is 85.6 cm³/mol. The highest BCUT2D eigenvalue weighted by Crippen LogP contribution is 2.20. The second kappa shape index (κ2) is 6.89. The zero-order chi connectivity index (χ0) is 17.0. The molecule has 0 fully saturated rings. The molecule has 0 aliphatic rings. The fraction of sp³-hybridized carbons (Fsp3) is 0.400. The minimum absolute atomic E-state index is 0.00887. The molecule has 2 rings (SSSR count). The largest absolute Gasteiger partial charge is 0.263 e. The Balaban J connectivity index is 2.19. The molecular weight excluding hydrogens is 314 g/mol. The third-order valence-corrected chi connectivity index (χ3v) is 4.61. The van der Waals surface area contributed by atoms with Gasteiger partial charge in [0.2, 0.25) is 10.0 Å². The van der Waals surface area contributed by atoms with Crippen molar-refractivity contribution in [2.24, 2.45) is 5.92 Å². The van der Waals surface area contributed by atoms with Crippen LogP contribution in [0.1, 0.15) is 42.7 Å². The Morgan fingerprint density at radius 3 is 2.70 bits per heavy atom. The summed E-state index contributed by atoms with van der Waals surface area (Å²) in [5.41, 5.74) is 0.993. The standard InChI is InChI=1S/C15H19N5O2S/c1-10(2)14(15-17-11(3)18-19-15)20-23(21,22)9-13-6-4-5-12(7-13)8-16/h4-7,10,14,20H,9H2,1-3H3,(H,17,18,19)/t14-/m0/s1. The van der Waals surface area contributed by atoms with Crippen LogP contribution in [-0.2, 0) is 15.8 Å². The SMILES string of the molecule is Cc1nc([C@@H](NS(=O)(=O)Cc2cccc(C#N)c2)C(C)C)n[nH]1. The van der Waals surface area contributed by atoms with Crippen molar-refractivity contribution in [3.8, 4) is 6.07 Å². The lowest BCUT2D eigenvalue weighted by atomic mass is 10.1. The van der Waals surface area contributed by atoms with E-state index in [0.717, 1.165) is 0 Å². The Bertz CT molecular complexity index is 820. The molecule has 1 atom stereocenters. The van der Waals surface area contributed by atoms with Gasteiger partial charge in [-0.25, -0.2) is 18.1 Å². The minimum Gasteiger partial charge on any atom is -0.263 e. The van der Waals surface area contributed by atoms with Crippen molar-refractivity contribution in [1.82, 2.24) is 19.9 Å². The van der Waals surface area contributed by atoms with E-state index < -0.39 is 16.1 Å². The quantitative estimate of drug-likeness (QED) is 0.837. The number of hydrogen-bond acceptors (Lipinski definition) is 5. The van der Waals surface area contributed by atoms with Crippen LogP contribution in [-0.4, -0.2) is 23.6 Å². The molecule has 2 aromatic rings. The summed E-state index contributed by atoms with van der Waals surface area (Å²) in [6.45, 7) is 5.56. The lowest BCUT2D eigenvalue weighted by molar-refractivity contribution is 0.445. The summed E-state index contributed by atoms with van der Waals surface area (Å²) in [6, 6.07) is 8.05. The molecule has 0 aliphatic heterocycles. The van der Waals surface area contributed by atoms with E-state index in [2.05, 4.69) is 19.9 Å². The Kier molecular flexibility index (Phi) is 5.13. The molecule has 8 heteroatoms. The summed E-state index contributed by atoms with van der Waals surface area (Å²) in [7, 11) is -3.60. The second-order valence-electron chi connectivity index (χ2n) is 5.69. The maximum Gasteiger partial charge on any atom is 0.216 e. The molecule has 0 aliphatic carbocycles. The van der Waals surface area contributed by atoms with Gasteiger partial charge in [-0.15, -0.1) is 0 Å². The van der Waals surface area contributed by atoms with Gasteiger partial charge < -0.3 is 0 Å². The van der Waals surface area contributed by atoms with Crippen molar-refractivity contribution in [2.45, 2.75) is 32.6 Å². The van der Waals surface area contributed by atoms with Crippen molar-refractivity contribution < 1.29 is 8.42 Å². The van der Waals surface area contributed by atoms with Crippen LogP contribution in [0.15, 0.2) is 24.3 Å². The number of nitrogens with one attached hydrogen (secondary N) is 2. The normalized spacial score (nSPS) is 13.0. The van der Waals surface area contributed by atoms with E-state index in [-0.39, 0.29) is 11.7 Å².